The molecular weight excluding hydrogens is 298 g/mol. The fourth-order valence-electron chi connectivity index (χ4n) is 2.31. The minimum absolute atomic E-state index is 0.162. The van der Waals surface area contributed by atoms with E-state index in [4.69, 9.17) is 0 Å². The Morgan fingerprint density at radius 1 is 0.875 bits per heavy atom. The fourth-order valence-corrected chi connectivity index (χ4v) is 2.31. The average molecular weight is 315 g/mol. The Balaban J connectivity index is 1.81. The molecule has 0 unspecified atom stereocenters. The van der Waals surface area contributed by atoms with Crippen LogP contribution in [-0.2, 0) is 11.2 Å². The van der Waals surface area contributed by atoms with Crippen LogP contribution in [0.1, 0.15) is 16.8 Å². The molecule has 0 saturated heterocycles. The normalized spacial score (nSPS) is 11.1. The molecule has 0 radical (unpaired) electrons. The first-order valence-electron chi connectivity index (χ1n) is 7.70. The van der Waals surface area contributed by atoms with E-state index >= 15 is 0 Å². The molecule has 1 amide bonds. The molecule has 4 nitrogen and oxygen atoms in total. The number of nitrogens with one attached hydrogen (secondary N) is 1. The third-order valence-electron chi connectivity index (χ3n) is 3.45. The number of amides is 1. The molecule has 0 spiro atoms. The van der Waals surface area contributed by atoms with Gasteiger partial charge in [0, 0.05) is 11.8 Å². The van der Waals surface area contributed by atoms with Crippen LogP contribution in [0.25, 0.3) is 0 Å². The smallest absolute Gasteiger partial charge is 0.244 e. The Morgan fingerprint density at radius 3 is 2.21 bits per heavy atom. The maximum atomic E-state index is 12.1. The van der Waals surface area contributed by atoms with E-state index in [9.17, 15) is 4.79 Å². The van der Waals surface area contributed by atoms with E-state index in [0.717, 1.165) is 11.1 Å². The molecule has 1 aromatic heterocycles. The van der Waals surface area contributed by atoms with E-state index in [1.54, 1.807) is 6.20 Å². The number of pyridine rings is 1. The third kappa shape index (κ3) is 4.14. The monoisotopic (exact) mass is 315 g/mol. The van der Waals surface area contributed by atoms with Crippen LogP contribution in [0.2, 0.25) is 0 Å². The van der Waals surface area contributed by atoms with E-state index in [0.29, 0.717) is 11.4 Å². The molecule has 0 aliphatic carbocycles. The van der Waals surface area contributed by atoms with E-state index in [1.165, 1.54) is 0 Å². The first kappa shape index (κ1) is 15.6. The maximum Gasteiger partial charge on any atom is 0.244 e. The Hall–Kier alpha value is -3.27. The van der Waals surface area contributed by atoms with Crippen molar-refractivity contribution < 1.29 is 4.79 Å². The summed E-state index contributed by atoms with van der Waals surface area (Å²) in [5.41, 5.74) is 5.83. The molecule has 0 aliphatic rings. The fraction of sp³-hybridized carbons (Fsp3) is 0.0500. The van der Waals surface area contributed by atoms with Gasteiger partial charge in [-0.05, 0) is 17.7 Å². The molecule has 0 aliphatic heterocycles. The summed E-state index contributed by atoms with van der Waals surface area (Å²) in [7, 11) is 0. The number of hydrogen-bond acceptors (Lipinski definition) is 3. The average Bonchev–Trinajstić information content (AvgIpc) is 2.64. The van der Waals surface area contributed by atoms with Crippen molar-refractivity contribution in [1.29, 1.82) is 0 Å². The Morgan fingerprint density at radius 2 is 1.54 bits per heavy atom. The summed E-state index contributed by atoms with van der Waals surface area (Å²) >= 11 is 0. The van der Waals surface area contributed by atoms with Crippen molar-refractivity contribution >= 4 is 11.6 Å². The molecule has 24 heavy (non-hydrogen) atoms. The van der Waals surface area contributed by atoms with Crippen LogP contribution in [0, 0.1) is 0 Å². The van der Waals surface area contributed by atoms with Crippen molar-refractivity contribution in [3.05, 3.63) is 102 Å². The number of carbonyl (C=O) groups is 1. The summed E-state index contributed by atoms with van der Waals surface area (Å²) in [5.74, 6) is -0.162. The van der Waals surface area contributed by atoms with Crippen molar-refractivity contribution in [3.8, 4) is 0 Å². The molecule has 1 heterocycles. The molecule has 3 aromatic rings. The van der Waals surface area contributed by atoms with Gasteiger partial charge >= 0.3 is 0 Å². The lowest BCUT2D eigenvalue weighted by Gasteiger charge is -2.07. The lowest BCUT2D eigenvalue weighted by atomic mass is 10.1. The molecule has 1 N–H and O–H groups in total. The third-order valence-corrected chi connectivity index (χ3v) is 3.45. The number of nitrogens with zero attached hydrogens (tertiary/aromatic N) is 2. The number of benzene rings is 2. The zero-order chi connectivity index (χ0) is 16.6. The molecule has 3 rings (SSSR count). The second-order valence-electron chi connectivity index (χ2n) is 5.24. The van der Waals surface area contributed by atoms with Gasteiger partial charge in [0.2, 0.25) is 5.91 Å². The predicted molar refractivity (Wildman–Crippen MR) is 94.6 cm³/mol. The van der Waals surface area contributed by atoms with Crippen LogP contribution in [0.3, 0.4) is 0 Å². The van der Waals surface area contributed by atoms with Gasteiger partial charge in [-0.1, -0.05) is 66.7 Å². The highest BCUT2D eigenvalue weighted by molar-refractivity contribution is 6.11. The topological polar surface area (TPSA) is 54.4 Å². The van der Waals surface area contributed by atoms with Gasteiger partial charge in [-0.25, -0.2) is 5.43 Å². The standard InChI is InChI=1S/C20H17N3O/c24-19(15-16-9-3-1-4-10-16)22-23-20(17-11-5-2-6-12-17)18-13-7-8-14-21-18/h1-14H,15H2,(H,22,24). The maximum absolute atomic E-state index is 12.1. The predicted octanol–water partition coefficient (Wildman–Crippen LogP) is 3.19. The van der Waals surface area contributed by atoms with E-state index in [1.807, 2.05) is 78.9 Å². The minimum Gasteiger partial charge on any atom is -0.273 e. The molecule has 4 heteroatoms. The quantitative estimate of drug-likeness (QED) is 0.581. The molecule has 0 bridgehead atoms. The van der Waals surface area contributed by atoms with Crippen LogP contribution >= 0.6 is 0 Å². The highest BCUT2D eigenvalue weighted by atomic mass is 16.2. The van der Waals surface area contributed by atoms with Crippen molar-refractivity contribution in [2.45, 2.75) is 6.42 Å². The Bertz CT molecular complexity index is 774. The number of aromatic nitrogens is 1. The molecule has 118 valence electrons. The number of carbonyl (C=O) groups excluding carboxylic acids is 1. The van der Waals surface area contributed by atoms with E-state index < -0.39 is 0 Å². The number of hydrogen-bond donors (Lipinski definition) is 1. The first-order valence-corrected chi connectivity index (χ1v) is 7.70. The van der Waals surface area contributed by atoms with Crippen LogP contribution in [0.4, 0.5) is 0 Å². The second kappa shape index (κ2) is 7.83. The second-order valence-corrected chi connectivity index (χ2v) is 5.24. The van der Waals surface area contributed by atoms with Gasteiger partial charge in [-0.2, -0.15) is 5.10 Å². The summed E-state index contributed by atoms with van der Waals surface area (Å²) in [6.07, 6.45) is 1.99. The summed E-state index contributed by atoms with van der Waals surface area (Å²) < 4.78 is 0. The van der Waals surface area contributed by atoms with Gasteiger partial charge in [0.25, 0.3) is 0 Å². The lowest BCUT2D eigenvalue weighted by molar-refractivity contribution is -0.120. The van der Waals surface area contributed by atoms with Crippen LogP contribution < -0.4 is 5.43 Å². The zero-order valence-electron chi connectivity index (χ0n) is 13.1. The number of rotatable bonds is 5. The van der Waals surface area contributed by atoms with Crippen LogP contribution in [0.15, 0.2) is 90.2 Å². The SMILES string of the molecule is O=C(Cc1ccccc1)NN=C(c1ccccc1)c1ccccn1. The molecule has 2 aromatic carbocycles. The van der Waals surface area contributed by atoms with Crippen molar-refractivity contribution in [3.63, 3.8) is 0 Å². The zero-order valence-corrected chi connectivity index (χ0v) is 13.1. The summed E-state index contributed by atoms with van der Waals surface area (Å²) in [4.78, 5) is 16.5. The van der Waals surface area contributed by atoms with Gasteiger partial charge in [0.15, 0.2) is 0 Å². The van der Waals surface area contributed by atoms with Gasteiger partial charge in [0.1, 0.15) is 5.71 Å². The molecule has 0 fully saturated rings. The highest BCUT2D eigenvalue weighted by Gasteiger charge is 2.09. The van der Waals surface area contributed by atoms with Gasteiger partial charge in [-0.15, -0.1) is 0 Å². The van der Waals surface area contributed by atoms with Gasteiger partial charge < -0.3 is 0 Å². The number of hydrazone groups is 1. The van der Waals surface area contributed by atoms with E-state index in [2.05, 4.69) is 15.5 Å². The molecule has 0 saturated carbocycles. The largest absolute Gasteiger partial charge is 0.273 e. The highest BCUT2D eigenvalue weighted by Crippen LogP contribution is 2.08. The first-order chi connectivity index (χ1) is 11.8. The Labute approximate surface area is 140 Å². The van der Waals surface area contributed by atoms with Gasteiger partial charge in [0.05, 0.1) is 12.1 Å². The minimum atomic E-state index is -0.162. The Kier molecular flexibility index (Phi) is 5.10. The van der Waals surface area contributed by atoms with E-state index in [-0.39, 0.29) is 12.3 Å². The summed E-state index contributed by atoms with van der Waals surface area (Å²) in [5, 5.41) is 4.31. The summed E-state index contributed by atoms with van der Waals surface area (Å²) in [6.45, 7) is 0. The molecular formula is C20H17N3O. The lowest BCUT2D eigenvalue weighted by Crippen LogP contribution is -2.22. The summed E-state index contributed by atoms with van der Waals surface area (Å²) in [6, 6.07) is 24.9. The molecule has 0 atom stereocenters. The van der Waals surface area contributed by atoms with Crippen molar-refractivity contribution in [2.24, 2.45) is 5.10 Å². The van der Waals surface area contributed by atoms with Gasteiger partial charge in [-0.3, -0.25) is 9.78 Å². The van der Waals surface area contributed by atoms with Crippen molar-refractivity contribution in [1.82, 2.24) is 10.4 Å². The van der Waals surface area contributed by atoms with Crippen LogP contribution in [0.5, 0.6) is 0 Å². The van der Waals surface area contributed by atoms with Crippen molar-refractivity contribution in [2.75, 3.05) is 0 Å². The van der Waals surface area contributed by atoms with Crippen LogP contribution in [-0.4, -0.2) is 16.6 Å².